The maximum absolute atomic E-state index is 12.9. The highest BCUT2D eigenvalue weighted by molar-refractivity contribution is 6.30. The van der Waals surface area contributed by atoms with Crippen LogP contribution in [0.3, 0.4) is 0 Å². The Morgan fingerprint density at radius 2 is 1.82 bits per heavy atom. The number of rotatable bonds is 4. The van der Waals surface area contributed by atoms with Gasteiger partial charge in [0.05, 0.1) is 10.9 Å². The molecule has 0 saturated carbocycles. The van der Waals surface area contributed by atoms with E-state index in [-0.39, 0.29) is 17.5 Å². The molecule has 1 amide bonds. The molecule has 1 saturated heterocycles. The van der Waals surface area contributed by atoms with Crippen LogP contribution in [0, 0.1) is 0 Å². The predicted molar refractivity (Wildman–Crippen MR) is 131 cm³/mol. The standard InChI is InChI=1S/C26H29ClN4O2/c27-20-8-5-18(6-9-20)17-30-14-11-21(12-15-30)28-25(32)19-7-10-22-23(16-19)29-24-4-2-1-3-13-31(24)26(22)33/h5-10,16,21H,1-4,11-15,17H2,(H,28,32). The topological polar surface area (TPSA) is 67.2 Å². The van der Waals surface area contributed by atoms with Gasteiger partial charge in [-0.3, -0.25) is 19.1 Å². The quantitative estimate of drug-likeness (QED) is 0.629. The summed E-state index contributed by atoms with van der Waals surface area (Å²) in [5, 5.41) is 4.53. The van der Waals surface area contributed by atoms with Crippen molar-refractivity contribution >= 4 is 28.4 Å². The molecule has 2 aliphatic heterocycles. The molecule has 2 aliphatic rings. The zero-order valence-electron chi connectivity index (χ0n) is 18.7. The Bertz CT molecular complexity index is 1210. The van der Waals surface area contributed by atoms with E-state index in [1.807, 2.05) is 16.7 Å². The molecule has 1 fully saturated rings. The van der Waals surface area contributed by atoms with Crippen molar-refractivity contribution in [2.45, 2.75) is 57.7 Å². The number of piperidine rings is 1. The Morgan fingerprint density at radius 1 is 1.03 bits per heavy atom. The lowest BCUT2D eigenvalue weighted by molar-refractivity contribution is 0.0909. The SMILES string of the molecule is O=C(NC1CCN(Cc2ccc(Cl)cc2)CC1)c1ccc2c(=O)n3c(nc2c1)CCCCC3. The summed E-state index contributed by atoms with van der Waals surface area (Å²) < 4.78 is 1.81. The first-order chi connectivity index (χ1) is 16.1. The van der Waals surface area contributed by atoms with Crippen LogP contribution in [0.1, 0.15) is 53.8 Å². The molecule has 0 aliphatic carbocycles. The second-order valence-electron chi connectivity index (χ2n) is 9.18. The summed E-state index contributed by atoms with van der Waals surface area (Å²) in [7, 11) is 0. The van der Waals surface area contributed by atoms with E-state index in [4.69, 9.17) is 16.6 Å². The number of fused-ring (bicyclic) bond motifs is 2. The molecule has 0 unspecified atom stereocenters. The van der Waals surface area contributed by atoms with Crippen LogP contribution in [0.5, 0.6) is 0 Å². The number of aryl methyl sites for hydroxylation is 1. The Kier molecular flexibility index (Phi) is 6.47. The van der Waals surface area contributed by atoms with Gasteiger partial charge in [-0.15, -0.1) is 0 Å². The van der Waals surface area contributed by atoms with Gasteiger partial charge in [0.1, 0.15) is 5.82 Å². The molecule has 1 N–H and O–H groups in total. The van der Waals surface area contributed by atoms with E-state index in [2.05, 4.69) is 22.3 Å². The number of likely N-dealkylation sites (tertiary alicyclic amines) is 1. The summed E-state index contributed by atoms with van der Waals surface area (Å²) in [6.45, 7) is 3.51. The van der Waals surface area contributed by atoms with Gasteiger partial charge in [0.25, 0.3) is 11.5 Å². The molecule has 3 heterocycles. The smallest absolute Gasteiger partial charge is 0.261 e. The Labute approximate surface area is 198 Å². The van der Waals surface area contributed by atoms with Crippen molar-refractivity contribution in [3.63, 3.8) is 0 Å². The van der Waals surface area contributed by atoms with E-state index in [1.165, 1.54) is 5.56 Å². The molecule has 0 radical (unpaired) electrons. The van der Waals surface area contributed by atoms with Gasteiger partial charge in [0.2, 0.25) is 0 Å². The van der Waals surface area contributed by atoms with E-state index in [0.717, 1.165) is 75.6 Å². The fourth-order valence-corrected chi connectivity index (χ4v) is 5.04. The summed E-state index contributed by atoms with van der Waals surface area (Å²) in [6.07, 6.45) is 5.83. The predicted octanol–water partition coefficient (Wildman–Crippen LogP) is 4.17. The summed E-state index contributed by atoms with van der Waals surface area (Å²) >= 11 is 5.98. The van der Waals surface area contributed by atoms with Crippen LogP contribution in [-0.2, 0) is 19.5 Å². The molecule has 3 aromatic rings. The Morgan fingerprint density at radius 3 is 2.61 bits per heavy atom. The largest absolute Gasteiger partial charge is 0.349 e. The van der Waals surface area contributed by atoms with Crippen molar-refractivity contribution in [3.8, 4) is 0 Å². The van der Waals surface area contributed by atoms with Crippen LogP contribution in [0.4, 0.5) is 0 Å². The molecular formula is C26H29ClN4O2. The summed E-state index contributed by atoms with van der Waals surface area (Å²) in [6, 6.07) is 13.4. The van der Waals surface area contributed by atoms with E-state index < -0.39 is 0 Å². The minimum atomic E-state index is -0.0927. The Hall–Kier alpha value is -2.70. The third kappa shape index (κ3) is 4.97. The van der Waals surface area contributed by atoms with E-state index in [9.17, 15) is 9.59 Å². The number of amides is 1. The number of hydrogen-bond donors (Lipinski definition) is 1. The van der Waals surface area contributed by atoms with E-state index >= 15 is 0 Å². The summed E-state index contributed by atoms with van der Waals surface area (Å²) in [5.41, 5.74) is 2.45. The molecule has 0 bridgehead atoms. The van der Waals surface area contributed by atoms with Crippen LogP contribution in [0.15, 0.2) is 47.3 Å². The van der Waals surface area contributed by atoms with Crippen molar-refractivity contribution in [2.24, 2.45) is 0 Å². The van der Waals surface area contributed by atoms with Crippen LogP contribution in [0.2, 0.25) is 5.02 Å². The second kappa shape index (κ2) is 9.65. The summed E-state index contributed by atoms with van der Waals surface area (Å²) in [4.78, 5) is 33.0. The molecule has 5 rings (SSSR count). The number of halogens is 1. The monoisotopic (exact) mass is 464 g/mol. The fraction of sp³-hybridized carbons (Fsp3) is 0.423. The molecule has 0 atom stereocenters. The molecule has 7 heteroatoms. The summed E-state index contributed by atoms with van der Waals surface area (Å²) in [5.74, 6) is 0.750. The second-order valence-corrected chi connectivity index (χ2v) is 9.61. The van der Waals surface area contributed by atoms with Gasteiger partial charge in [-0.25, -0.2) is 4.98 Å². The zero-order valence-corrected chi connectivity index (χ0v) is 19.5. The molecule has 172 valence electrons. The van der Waals surface area contributed by atoms with Crippen LogP contribution < -0.4 is 10.9 Å². The van der Waals surface area contributed by atoms with Crippen molar-refractivity contribution in [3.05, 3.63) is 74.8 Å². The normalized spacial score (nSPS) is 17.5. The van der Waals surface area contributed by atoms with Gasteiger partial charge >= 0.3 is 0 Å². The number of benzene rings is 2. The van der Waals surface area contributed by atoms with E-state index in [1.54, 1.807) is 18.2 Å². The first kappa shape index (κ1) is 22.1. The van der Waals surface area contributed by atoms with Gasteiger partial charge < -0.3 is 5.32 Å². The third-order valence-corrected chi connectivity index (χ3v) is 7.07. The number of aromatic nitrogens is 2. The lowest BCUT2D eigenvalue weighted by Crippen LogP contribution is -2.44. The van der Waals surface area contributed by atoms with Crippen LogP contribution in [0.25, 0.3) is 10.9 Å². The molecule has 33 heavy (non-hydrogen) atoms. The third-order valence-electron chi connectivity index (χ3n) is 6.82. The average Bonchev–Trinajstić information content (AvgIpc) is 3.07. The number of carbonyl (C=O) groups excluding carboxylic acids is 1. The molecule has 2 aromatic carbocycles. The molecule has 6 nitrogen and oxygen atoms in total. The minimum absolute atomic E-state index is 0.0110. The van der Waals surface area contributed by atoms with Gasteiger partial charge in [-0.05, 0) is 61.6 Å². The van der Waals surface area contributed by atoms with Crippen molar-refractivity contribution in [1.29, 1.82) is 0 Å². The Balaban J connectivity index is 1.23. The van der Waals surface area contributed by atoms with Crippen molar-refractivity contribution < 1.29 is 4.79 Å². The van der Waals surface area contributed by atoms with Crippen LogP contribution >= 0.6 is 11.6 Å². The van der Waals surface area contributed by atoms with Crippen molar-refractivity contribution in [2.75, 3.05) is 13.1 Å². The first-order valence-electron chi connectivity index (χ1n) is 11.9. The lowest BCUT2D eigenvalue weighted by Gasteiger charge is -2.32. The number of hydrogen-bond acceptors (Lipinski definition) is 4. The number of nitrogens with one attached hydrogen (secondary N) is 1. The number of nitrogens with zero attached hydrogens (tertiary/aromatic N) is 3. The number of carbonyl (C=O) groups is 1. The molecule has 1 aromatic heterocycles. The average molecular weight is 465 g/mol. The van der Waals surface area contributed by atoms with Crippen molar-refractivity contribution in [1.82, 2.24) is 19.8 Å². The lowest BCUT2D eigenvalue weighted by atomic mass is 10.0. The van der Waals surface area contributed by atoms with Gasteiger partial charge in [-0.1, -0.05) is 30.2 Å². The van der Waals surface area contributed by atoms with Gasteiger partial charge in [-0.2, -0.15) is 0 Å². The highest BCUT2D eigenvalue weighted by Gasteiger charge is 2.22. The van der Waals surface area contributed by atoms with Gasteiger partial charge in [0.15, 0.2) is 0 Å². The maximum Gasteiger partial charge on any atom is 0.261 e. The van der Waals surface area contributed by atoms with Crippen LogP contribution in [-0.4, -0.2) is 39.5 Å². The van der Waals surface area contributed by atoms with E-state index in [0.29, 0.717) is 16.5 Å². The maximum atomic E-state index is 12.9. The fourth-order valence-electron chi connectivity index (χ4n) is 4.91. The molecular weight excluding hydrogens is 436 g/mol. The minimum Gasteiger partial charge on any atom is -0.349 e. The highest BCUT2D eigenvalue weighted by atomic mass is 35.5. The highest BCUT2D eigenvalue weighted by Crippen LogP contribution is 2.19. The van der Waals surface area contributed by atoms with Gasteiger partial charge in [0, 0.05) is 49.2 Å². The zero-order chi connectivity index (χ0) is 22.8. The first-order valence-corrected chi connectivity index (χ1v) is 12.3. The molecule has 0 spiro atoms.